The van der Waals surface area contributed by atoms with Crippen molar-refractivity contribution >= 4 is 23.5 Å². The predicted octanol–water partition coefficient (Wildman–Crippen LogP) is 2.12. The molecule has 0 aromatic heterocycles. The van der Waals surface area contributed by atoms with E-state index in [9.17, 15) is 14.0 Å². The lowest BCUT2D eigenvalue weighted by atomic mass is 10.1. The Morgan fingerprint density at radius 1 is 1.47 bits per heavy atom. The molecule has 0 fully saturated rings. The number of carbonyl (C=O) groups is 2. The molecule has 0 aliphatic heterocycles. The minimum Gasteiger partial charge on any atom is -0.480 e. The van der Waals surface area contributed by atoms with Crippen LogP contribution >= 0.6 is 11.6 Å². The fourth-order valence-corrected chi connectivity index (χ4v) is 1.77. The quantitative estimate of drug-likeness (QED) is 0.815. The van der Waals surface area contributed by atoms with E-state index in [-0.39, 0.29) is 23.6 Å². The molecule has 0 radical (unpaired) electrons. The largest absolute Gasteiger partial charge is 0.480 e. The Labute approximate surface area is 115 Å². The number of carboxylic acid groups (broad SMARTS) is 1. The summed E-state index contributed by atoms with van der Waals surface area (Å²) in [6.07, 6.45) is 1.12. The van der Waals surface area contributed by atoms with Crippen LogP contribution in [0.3, 0.4) is 0 Å². The molecule has 6 heteroatoms. The van der Waals surface area contributed by atoms with Crippen molar-refractivity contribution in [1.82, 2.24) is 4.90 Å². The molecule has 0 saturated carbocycles. The van der Waals surface area contributed by atoms with Gasteiger partial charge in [0, 0.05) is 17.1 Å². The van der Waals surface area contributed by atoms with E-state index in [1.165, 1.54) is 24.3 Å². The van der Waals surface area contributed by atoms with Crippen molar-refractivity contribution in [3.8, 4) is 0 Å². The summed E-state index contributed by atoms with van der Waals surface area (Å²) in [5.74, 6) is -2.25. The Morgan fingerprint density at radius 3 is 2.68 bits per heavy atom. The van der Waals surface area contributed by atoms with Crippen molar-refractivity contribution in [2.24, 2.45) is 0 Å². The van der Waals surface area contributed by atoms with Crippen LogP contribution in [0.4, 0.5) is 4.39 Å². The number of halogens is 2. The van der Waals surface area contributed by atoms with Crippen molar-refractivity contribution in [3.05, 3.63) is 47.3 Å². The van der Waals surface area contributed by atoms with Gasteiger partial charge < -0.3 is 10.0 Å². The summed E-state index contributed by atoms with van der Waals surface area (Å²) in [5.41, 5.74) is 0.0635. The number of benzene rings is 1. The van der Waals surface area contributed by atoms with Gasteiger partial charge in [-0.15, -0.1) is 6.58 Å². The highest BCUT2D eigenvalue weighted by atomic mass is 35.5. The normalized spacial score (nSPS) is 10.0. The summed E-state index contributed by atoms with van der Waals surface area (Å²) >= 11 is 5.81. The van der Waals surface area contributed by atoms with Crippen molar-refractivity contribution in [3.63, 3.8) is 0 Å². The third kappa shape index (κ3) is 4.37. The average Bonchev–Trinajstić information content (AvgIpc) is 2.32. The van der Waals surface area contributed by atoms with Gasteiger partial charge in [0.2, 0.25) is 5.91 Å². The van der Waals surface area contributed by atoms with Crippen LogP contribution in [0.5, 0.6) is 0 Å². The molecule has 0 aliphatic rings. The molecular formula is C13H13ClFNO3. The second-order valence-electron chi connectivity index (χ2n) is 3.83. The molecule has 1 aromatic carbocycles. The molecule has 1 aromatic rings. The highest BCUT2D eigenvalue weighted by Gasteiger charge is 2.18. The summed E-state index contributed by atoms with van der Waals surface area (Å²) < 4.78 is 13.5. The first-order valence-corrected chi connectivity index (χ1v) is 5.87. The van der Waals surface area contributed by atoms with Gasteiger partial charge in [-0.2, -0.15) is 0 Å². The zero-order valence-corrected chi connectivity index (χ0v) is 10.9. The van der Waals surface area contributed by atoms with Gasteiger partial charge in [-0.05, 0) is 12.1 Å². The second kappa shape index (κ2) is 6.89. The fraction of sp³-hybridized carbons (Fsp3) is 0.231. The standard InChI is InChI=1S/C13H13ClFNO3/c1-2-6-16(8-13(18)19)12(17)7-9-10(14)4-3-5-11(9)15/h2-5H,1,6-8H2,(H,18,19). The summed E-state index contributed by atoms with van der Waals surface area (Å²) in [6.45, 7) is 3.06. The van der Waals surface area contributed by atoms with Crippen LogP contribution in [0, 0.1) is 5.82 Å². The Balaban J connectivity index is 2.86. The SMILES string of the molecule is C=CCN(CC(=O)O)C(=O)Cc1c(F)cccc1Cl. The minimum atomic E-state index is -1.14. The van der Waals surface area contributed by atoms with Gasteiger partial charge in [0.15, 0.2) is 0 Å². The summed E-state index contributed by atoms with van der Waals surface area (Å²) in [5, 5.41) is 8.85. The van der Waals surface area contributed by atoms with E-state index in [2.05, 4.69) is 6.58 Å². The first-order chi connectivity index (χ1) is 8.95. The molecule has 1 N–H and O–H groups in total. The van der Waals surface area contributed by atoms with Crippen molar-refractivity contribution < 1.29 is 19.1 Å². The van der Waals surface area contributed by atoms with E-state index < -0.39 is 24.2 Å². The van der Waals surface area contributed by atoms with E-state index in [1.807, 2.05) is 0 Å². The Morgan fingerprint density at radius 2 is 2.16 bits per heavy atom. The lowest BCUT2D eigenvalue weighted by Crippen LogP contribution is -2.37. The van der Waals surface area contributed by atoms with Crippen LogP contribution in [-0.2, 0) is 16.0 Å². The van der Waals surface area contributed by atoms with Crippen LogP contribution in [0.2, 0.25) is 5.02 Å². The smallest absolute Gasteiger partial charge is 0.323 e. The van der Waals surface area contributed by atoms with Gasteiger partial charge in [-0.1, -0.05) is 23.7 Å². The van der Waals surface area contributed by atoms with Gasteiger partial charge in [0.25, 0.3) is 0 Å². The molecular weight excluding hydrogens is 273 g/mol. The highest BCUT2D eigenvalue weighted by Crippen LogP contribution is 2.20. The molecule has 19 heavy (non-hydrogen) atoms. The van der Waals surface area contributed by atoms with Crippen LogP contribution in [0.25, 0.3) is 0 Å². The molecule has 0 atom stereocenters. The maximum atomic E-state index is 13.5. The maximum Gasteiger partial charge on any atom is 0.323 e. The number of carboxylic acids is 1. The molecule has 102 valence electrons. The molecule has 4 nitrogen and oxygen atoms in total. The third-order valence-electron chi connectivity index (χ3n) is 2.42. The monoisotopic (exact) mass is 285 g/mol. The molecule has 0 heterocycles. The van der Waals surface area contributed by atoms with Crippen LogP contribution in [0.1, 0.15) is 5.56 Å². The second-order valence-corrected chi connectivity index (χ2v) is 4.24. The Bertz CT molecular complexity index is 484. The van der Waals surface area contributed by atoms with Crippen molar-refractivity contribution in [1.29, 1.82) is 0 Å². The molecule has 1 amide bonds. The van der Waals surface area contributed by atoms with Gasteiger partial charge in [0.1, 0.15) is 12.4 Å². The molecule has 0 unspecified atom stereocenters. The number of rotatable bonds is 6. The summed E-state index contributed by atoms with van der Waals surface area (Å²) in [4.78, 5) is 23.6. The molecule has 0 spiro atoms. The topological polar surface area (TPSA) is 57.6 Å². The molecule has 0 bridgehead atoms. The Kier molecular flexibility index (Phi) is 5.51. The van der Waals surface area contributed by atoms with Gasteiger partial charge in [-0.3, -0.25) is 9.59 Å². The van der Waals surface area contributed by atoms with Gasteiger partial charge in [0.05, 0.1) is 6.42 Å². The lowest BCUT2D eigenvalue weighted by Gasteiger charge is -2.19. The lowest BCUT2D eigenvalue weighted by molar-refractivity contribution is -0.143. The number of hydrogen-bond acceptors (Lipinski definition) is 2. The fourth-order valence-electron chi connectivity index (χ4n) is 1.54. The average molecular weight is 286 g/mol. The zero-order chi connectivity index (χ0) is 14.4. The minimum absolute atomic E-state index is 0.0635. The number of amides is 1. The van der Waals surface area contributed by atoms with E-state index in [1.54, 1.807) is 0 Å². The predicted molar refractivity (Wildman–Crippen MR) is 69.5 cm³/mol. The third-order valence-corrected chi connectivity index (χ3v) is 2.77. The number of aliphatic carboxylic acids is 1. The highest BCUT2D eigenvalue weighted by molar-refractivity contribution is 6.31. The van der Waals surface area contributed by atoms with Crippen LogP contribution in [0.15, 0.2) is 30.9 Å². The number of carbonyl (C=O) groups excluding carboxylic acids is 1. The van der Waals surface area contributed by atoms with Gasteiger partial charge >= 0.3 is 5.97 Å². The first kappa shape index (κ1) is 15.2. The van der Waals surface area contributed by atoms with Gasteiger partial charge in [-0.25, -0.2) is 4.39 Å². The number of nitrogens with zero attached hydrogens (tertiary/aromatic N) is 1. The summed E-state index contributed by atoms with van der Waals surface area (Å²) in [7, 11) is 0. The Hall–Kier alpha value is -1.88. The van der Waals surface area contributed by atoms with E-state index in [0.717, 1.165) is 4.90 Å². The van der Waals surface area contributed by atoms with Crippen LogP contribution < -0.4 is 0 Å². The van der Waals surface area contributed by atoms with Crippen molar-refractivity contribution in [2.45, 2.75) is 6.42 Å². The maximum absolute atomic E-state index is 13.5. The molecule has 1 rings (SSSR count). The first-order valence-electron chi connectivity index (χ1n) is 5.49. The molecule has 0 saturated heterocycles. The molecule has 0 aliphatic carbocycles. The van der Waals surface area contributed by atoms with E-state index in [0.29, 0.717) is 0 Å². The summed E-state index contributed by atoms with van der Waals surface area (Å²) in [6, 6.07) is 4.11. The van der Waals surface area contributed by atoms with E-state index in [4.69, 9.17) is 16.7 Å². The zero-order valence-electron chi connectivity index (χ0n) is 10.1. The number of hydrogen-bond donors (Lipinski definition) is 1. The van der Waals surface area contributed by atoms with E-state index >= 15 is 0 Å². The van der Waals surface area contributed by atoms with Crippen LogP contribution in [-0.4, -0.2) is 35.0 Å². The van der Waals surface area contributed by atoms with Crippen molar-refractivity contribution in [2.75, 3.05) is 13.1 Å².